The molecule has 0 bridgehead atoms. The Kier molecular flexibility index (Phi) is 4.55. The molecule has 0 fully saturated rings. The van der Waals surface area contributed by atoms with E-state index in [1.54, 1.807) is 6.07 Å². The molecule has 0 aliphatic carbocycles. The fourth-order valence-electron chi connectivity index (χ4n) is 2.14. The third-order valence-electron chi connectivity index (χ3n) is 3.26. The van der Waals surface area contributed by atoms with E-state index < -0.39 is 16.0 Å². The normalized spacial score (nSPS) is 11.5. The lowest BCUT2D eigenvalue weighted by Crippen LogP contribution is -2.14. The maximum atomic E-state index is 12.5. The van der Waals surface area contributed by atoms with Crippen molar-refractivity contribution < 1.29 is 17.9 Å². The van der Waals surface area contributed by atoms with E-state index in [9.17, 15) is 13.2 Å². The lowest BCUT2D eigenvalue weighted by molar-refractivity contribution is 0.0596. The average Bonchev–Trinajstić information content (AvgIpc) is 2.96. The lowest BCUT2D eigenvalue weighted by Gasteiger charge is -2.09. The Morgan fingerprint density at radius 1 is 1.24 bits per heavy atom. The number of H-pyrrole nitrogens is 1. The van der Waals surface area contributed by atoms with Crippen molar-refractivity contribution in [2.24, 2.45) is 0 Å². The first kappa shape index (κ1) is 17.5. The SMILES string of the molecule is COC(=O)c1n[nH]c2ccc(NS(=O)(=O)c3ccc(Cl)nc3Cl)cc12. The molecule has 0 aliphatic heterocycles. The van der Waals surface area contributed by atoms with Crippen LogP contribution in [0.25, 0.3) is 10.9 Å². The Bertz CT molecular complexity index is 1080. The van der Waals surface area contributed by atoms with Crippen molar-refractivity contribution in [2.45, 2.75) is 4.90 Å². The largest absolute Gasteiger partial charge is 0.464 e. The van der Waals surface area contributed by atoms with Crippen LogP contribution in [0.5, 0.6) is 0 Å². The number of methoxy groups -OCH3 is 1. The molecular formula is C14H10Cl2N4O4S. The number of hydrogen-bond donors (Lipinski definition) is 2. The van der Waals surface area contributed by atoms with Crippen LogP contribution in [-0.4, -0.2) is 36.7 Å². The molecule has 11 heteroatoms. The van der Waals surface area contributed by atoms with E-state index in [0.717, 1.165) is 0 Å². The molecule has 25 heavy (non-hydrogen) atoms. The van der Waals surface area contributed by atoms with Crippen LogP contribution in [0.1, 0.15) is 10.5 Å². The summed E-state index contributed by atoms with van der Waals surface area (Å²) >= 11 is 11.5. The molecule has 3 aromatic rings. The molecular weight excluding hydrogens is 391 g/mol. The van der Waals surface area contributed by atoms with Gasteiger partial charge in [-0.05, 0) is 30.3 Å². The molecule has 2 aromatic heterocycles. The minimum absolute atomic E-state index is 0.0461. The van der Waals surface area contributed by atoms with Crippen LogP contribution in [0.3, 0.4) is 0 Å². The number of fused-ring (bicyclic) bond motifs is 1. The molecule has 0 saturated carbocycles. The van der Waals surface area contributed by atoms with Gasteiger partial charge < -0.3 is 4.74 Å². The number of halogens is 2. The zero-order valence-corrected chi connectivity index (χ0v) is 14.9. The van der Waals surface area contributed by atoms with Crippen molar-refractivity contribution in [3.63, 3.8) is 0 Å². The number of rotatable bonds is 4. The van der Waals surface area contributed by atoms with Crippen LogP contribution < -0.4 is 4.72 Å². The number of carbonyl (C=O) groups is 1. The third-order valence-corrected chi connectivity index (χ3v) is 5.29. The Balaban J connectivity index is 2.00. The monoisotopic (exact) mass is 400 g/mol. The molecule has 130 valence electrons. The van der Waals surface area contributed by atoms with Gasteiger partial charge in [0.1, 0.15) is 10.0 Å². The number of aromatic amines is 1. The molecule has 1 aromatic carbocycles. The van der Waals surface area contributed by atoms with Gasteiger partial charge in [0.15, 0.2) is 10.8 Å². The summed E-state index contributed by atoms with van der Waals surface area (Å²) in [7, 11) is -2.77. The number of sulfonamides is 1. The van der Waals surface area contributed by atoms with Crippen LogP contribution in [0, 0.1) is 0 Å². The van der Waals surface area contributed by atoms with E-state index in [4.69, 9.17) is 23.2 Å². The van der Waals surface area contributed by atoms with Gasteiger partial charge in [-0.15, -0.1) is 0 Å². The summed E-state index contributed by atoms with van der Waals surface area (Å²) in [5, 5.41) is 6.76. The summed E-state index contributed by atoms with van der Waals surface area (Å²) in [5.74, 6) is -0.642. The first-order valence-electron chi connectivity index (χ1n) is 6.73. The summed E-state index contributed by atoms with van der Waals surface area (Å²) in [6.07, 6.45) is 0. The number of carbonyl (C=O) groups excluding carboxylic acids is 1. The quantitative estimate of drug-likeness (QED) is 0.513. The average molecular weight is 401 g/mol. The Morgan fingerprint density at radius 2 is 2.00 bits per heavy atom. The van der Waals surface area contributed by atoms with Crippen LogP contribution in [0.4, 0.5) is 5.69 Å². The first-order chi connectivity index (χ1) is 11.8. The van der Waals surface area contributed by atoms with Crippen molar-refractivity contribution in [2.75, 3.05) is 11.8 Å². The Morgan fingerprint density at radius 3 is 2.68 bits per heavy atom. The highest BCUT2D eigenvalue weighted by atomic mass is 35.5. The minimum Gasteiger partial charge on any atom is -0.464 e. The number of aromatic nitrogens is 3. The van der Waals surface area contributed by atoms with E-state index in [-0.39, 0.29) is 26.6 Å². The van der Waals surface area contributed by atoms with Crippen molar-refractivity contribution in [1.29, 1.82) is 0 Å². The Labute approximate surface area is 152 Å². The fourth-order valence-corrected chi connectivity index (χ4v) is 3.85. The van der Waals surface area contributed by atoms with Crippen LogP contribution in [0.15, 0.2) is 35.2 Å². The summed E-state index contributed by atoms with van der Waals surface area (Å²) < 4.78 is 32.0. The van der Waals surface area contributed by atoms with Gasteiger partial charge in [0, 0.05) is 11.1 Å². The van der Waals surface area contributed by atoms with E-state index in [2.05, 4.69) is 24.6 Å². The number of esters is 1. The molecule has 0 saturated heterocycles. The van der Waals surface area contributed by atoms with E-state index in [1.165, 1.54) is 31.4 Å². The van der Waals surface area contributed by atoms with Crippen molar-refractivity contribution >= 4 is 55.8 Å². The number of nitrogens with one attached hydrogen (secondary N) is 2. The number of anilines is 1. The highest BCUT2D eigenvalue weighted by Gasteiger charge is 2.21. The van der Waals surface area contributed by atoms with Gasteiger partial charge in [-0.25, -0.2) is 18.2 Å². The van der Waals surface area contributed by atoms with Gasteiger partial charge >= 0.3 is 5.97 Å². The van der Waals surface area contributed by atoms with Crippen LogP contribution in [0.2, 0.25) is 10.3 Å². The molecule has 0 aliphatic rings. The molecule has 2 N–H and O–H groups in total. The van der Waals surface area contributed by atoms with Crippen LogP contribution >= 0.6 is 23.2 Å². The van der Waals surface area contributed by atoms with E-state index in [0.29, 0.717) is 10.9 Å². The molecule has 0 spiro atoms. The lowest BCUT2D eigenvalue weighted by atomic mass is 10.2. The van der Waals surface area contributed by atoms with Crippen LogP contribution in [-0.2, 0) is 14.8 Å². The van der Waals surface area contributed by atoms with Gasteiger partial charge in [-0.3, -0.25) is 9.82 Å². The second kappa shape index (κ2) is 6.51. The summed E-state index contributed by atoms with van der Waals surface area (Å²) in [4.78, 5) is 15.2. The zero-order valence-electron chi connectivity index (χ0n) is 12.6. The smallest absolute Gasteiger partial charge is 0.359 e. The number of nitrogens with zero attached hydrogens (tertiary/aromatic N) is 2. The minimum atomic E-state index is -4.00. The predicted octanol–water partition coefficient (Wildman–Crippen LogP) is 2.85. The second-order valence-electron chi connectivity index (χ2n) is 4.85. The van der Waals surface area contributed by atoms with Crippen molar-refractivity contribution in [3.05, 3.63) is 46.3 Å². The highest BCUT2D eigenvalue weighted by molar-refractivity contribution is 7.92. The number of hydrogen-bond acceptors (Lipinski definition) is 6. The second-order valence-corrected chi connectivity index (χ2v) is 7.25. The summed E-state index contributed by atoms with van der Waals surface area (Å²) in [6.45, 7) is 0. The van der Waals surface area contributed by atoms with Gasteiger partial charge in [-0.2, -0.15) is 5.10 Å². The number of pyridine rings is 1. The first-order valence-corrected chi connectivity index (χ1v) is 8.97. The zero-order chi connectivity index (χ0) is 18.2. The highest BCUT2D eigenvalue weighted by Crippen LogP contribution is 2.26. The fraction of sp³-hybridized carbons (Fsp3) is 0.0714. The maximum absolute atomic E-state index is 12.5. The molecule has 3 rings (SSSR count). The molecule has 8 nitrogen and oxygen atoms in total. The standard InChI is InChI=1S/C14H10Cl2N4O4S/c1-24-14(21)12-8-6-7(2-3-9(8)18-19-12)20-25(22,23)10-4-5-11(15)17-13(10)16/h2-6,20H,1H3,(H,18,19). The molecule has 0 radical (unpaired) electrons. The predicted molar refractivity (Wildman–Crippen MR) is 92.5 cm³/mol. The van der Waals surface area contributed by atoms with Crippen molar-refractivity contribution in [1.82, 2.24) is 15.2 Å². The van der Waals surface area contributed by atoms with E-state index >= 15 is 0 Å². The molecule has 0 amide bonds. The van der Waals surface area contributed by atoms with Gasteiger partial charge in [0.05, 0.1) is 12.6 Å². The van der Waals surface area contributed by atoms with E-state index in [1.807, 2.05) is 0 Å². The number of benzene rings is 1. The molecule has 2 heterocycles. The Hall–Kier alpha value is -2.36. The third kappa shape index (κ3) is 3.39. The summed E-state index contributed by atoms with van der Waals surface area (Å²) in [6, 6.07) is 7.11. The molecule has 0 unspecified atom stereocenters. The molecule has 0 atom stereocenters. The van der Waals surface area contributed by atoms with Gasteiger partial charge in [-0.1, -0.05) is 23.2 Å². The maximum Gasteiger partial charge on any atom is 0.359 e. The number of ether oxygens (including phenoxy) is 1. The summed E-state index contributed by atoms with van der Waals surface area (Å²) in [5.41, 5.74) is 0.810. The van der Waals surface area contributed by atoms with Gasteiger partial charge in [0.2, 0.25) is 0 Å². The topological polar surface area (TPSA) is 114 Å². The van der Waals surface area contributed by atoms with Crippen molar-refractivity contribution in [3.8, 4) is 0 Å². The van der Waals surface area contributed by atoms with Gasteiger partial charge in [0.25, 0.3) is 10.0 Å².